The smallest absolute Gasteiger partial charge is 1.00 e. The van der Waals surface area contributed by atoms with Crippen LogP contribution < -0.4 is 34.3 Å². The van der Waals surface area contributed by atoms with Gasteiger partial charge in [-0.05, 0) is 11.6 Å². The van der Waals surface area contributed by atoms with Crippen molar-refractivity contribution in [1.82, 2.24) is 9.97 Å². The van der Waals surface area contributed by atoms with E-state index in [1.807, 2.05) is 0 Å². The number of ether oxygens (including phenoxy) is 2. The Morgan fingerprint density at radius 1 is 1.50 bits per heavy atom. The molecule has 0 amide bonds. The minimum Gasteiger partial charge on any atom is -1.00 e. The summed E-state index contributed by atoms with van der Waals surface area (Å²) in [7, 11) is 2.67. The molecule has 0 radical (unpaired) electrons. The van der Waals surface area contributed by atoms with Crippen LogP contribution in [0.4, 0.5) is 0 Å². The van der Waals surface area contributed by atoms with Crippen molar-refractivity contribution in [2.75, 3.05) is 14.2 Å². The summed E-state index contributed by atoms with van der Waals surface area (Å²) < 4.78 is 9.23. The predicted octanol–water partition coefficient (Wildman–Crippen LogP) is -1.96. The maximum absolute atomic E-state index is 11.0. The number of aromatic nitrogens is 2. The molecule has 0 saturated heterocycles. The van der Waals surface area contributed by atoms with Crippen molar-refractivity contribution in [1.29, 1.82) is 0 Å². The van der Waals surface area contributed by atoms with Gasteiger partial charge < -0.3 is 10.9 Å². The van der Waals surface area contributed by atoms with Gasteiger partial charge in [-0.25, -0.2) is 9.78 Å². The van der Waals surface area contributed by atoms with E-state index in [1.165, 1.54) is 20.3 Å². The van der Waals surface area contributed by atoms with Gasteiger partial charge in [-0.3, -0.25) is 0 Å². The molecule has 1 rings (SSSR count). The molecule has 0 spiro atoms. The zero-order chi connectivity index (χ0) is 9.84. The summed E-state index contributed by atoms with van der Waals surface area (Å²) in [5.74, 6) is -0.358. The van der Waals surface area contributed by atoms with Crippen LogP contribution in [0.25, 0.3) is 0 Å². The summed E-state index contributed by atoms with van der Waals surface area (Å²) in [6, 6.07) is 1.34. The molecule has 0 fully saturated rings. The summed E-state index contributed by atoms with van der Waals surface area (Å²) in [6.45, 7) is 0. The van der Waals surface area contributed by atoms with E-state index in [0.717, 1.165) is 0 Å². The second kappa shape index (κ2) is 6.19. The summed E-state index contributed by atoms with van der Waals surface area (Å²) in [5.41, 5.74) is 0.0688. The van der Waals surface area contributed by atoms with Crippen LogP contribution in [0, 0.1) is 0 Å². The largest absolute Gasteiger partial charge is 1.00 e. The molecule has 7 heteroatoms. The van der Waals surface area contributed by atoms with Gasteiger partial charge in [0.05, 0.1) is 14.2 Å². The van der Waals surface area contributed by atoms with E-state index in [2.05, 4.69) is 14.7 Å². The van der Waals surface area contributed by atoms with E-state index in [-0.39, 0.29) is 47.8 Å². The van der Waals surface area contributed by atoms with E-state index >= 15 is 0 Å². The van der Waals surface area contributed by atoms with Crippen LogP contribution in [-0.4, -0.2) is 30.2 Å². The summed E-state index contributed by atoms with van der Waals surface area (Å²) in [6.07, 6.45) is 0. The van der Waals surface area contributed by atoms with E-state index in [9.17, 15) is 4.79 Å². The molecule has 72 valence electrons. The van der Waals surface area contributed by atoms with Gasteiger partial charge in [-0.15, -0.1) is 0 Å². The molecule has 1 heterocycles. The Balaban J connectivity index is 0. The molecule has 0 aliphatic rings. The standard InChI is InChI=1S/C7H7ClN2O3.Na.H/c1-12-5-3-4(6(11)13-2)9-7(8)10-5;;/h3H,1-2H3;;/q;+1;-1. The second-order valence-electron chi connectivity index (χ2n) is 2.06. The average Bonchev–Trinajstić information content (AvgIpc) is 2.15. The van der Waals surface area contributed by atoms with Crippen molar-refractivity contribution < 1.29 is 45.3 Å². The number of rotatable bonds is 2. The average molecular weight is 227 g/mol. The van der Waals surface area contributed by atoms with Crippen LogP contribution in [-0.2, 0) is 4.74 Å². The van der Waals surface area contributed by atoms with Gasteiger partial charge in [0.15, 0.2) is 5.69 Å². The van der Waals surface area contributed by atoms with Crippen LogP contribution >= 0.6 is 11.6 Å². The number of hydrogen-bond acceptors (Lipinski definition) is 5. The molecule has 1 aromatic rings. The fourth-order valence-corrected chi connectivity index (χ4v) is 0.885. The fraction of sp³-hybridized carbons (Fsp3) is 0.286. The third kappa shape index (κ3) is 3.42. The summed E-state index contributed by atoms with van der Waals surface area (Å²) in [5, 5.41) is -0.0558. The molecule has 0 atom stereocenters. The third-order valence-corrected chi connectivity index (χ3v) is 1.45. The van der Waals surface area contributed by atoms with Crippen LogP contribution in [0.1, 0.15) is 11.9 Å². The Kier molecular flexibility index (Phi) is 6.03. The minimum atomic E-state index is -0.581. The number of carbonyl (C=O) groups excluding carboxylic acids is 1. The van der Waals surface area contributed by atoms with Crippen molar-refractivity contribution in [2.45, 2.75) is 0 Å². The molecular weight excluding hydrogens is 219 g/mol. The Morgan fingerprint density at radius 2 is 2.14 bits per heavy atom. The minimum absolute atomic E-state index is 0. The molecule has 0 aromatic carbocycles. The number of methoxy groups -OCH3 is 2. The first kappa shape index (κ1) is 13.6. The van der Waals surface area contributed by atoms with E-state index in [1.54, 1.807) is 0 Å². The Labute approximate surface area is 110 Å². The Morgan fingerprint density at radius 3 is 2.64 bits per heavy atom. The first-order chi connectivity index (χ1) is 6.17. The molecule has 0 N–H and O–H groups in total. The Bertz CT molecular complexity index is 340. The van der Waals surface area contributed by atoms with Crippen LogP contribution in [0.15, 0.2) is 6.07 Å². The Hall–Kier alpha value is -0.360. The molecule has 0 saturated carbocycles. The topological polar surface area (TPSA) is 61.3 Å². The van der Waals surface area contributed by atoms with Crippen molar-refractivity contribution in [3.8, 4) is 5.88 Å². The molecule has 14 heavy (non-hydrogen) atoms. The molecule has 0 aliphatic heterocycles. The van der Waals surface area contributed by atoms with Crippen molar-refractivity contribution in [2.24, 2.45) is 0 Å². The summed E-state index contributed by atoms with van der Waals surface area (Å²) in [4.78, 5) is 18.4. The van der Waals surface area contributed by atoms with Gasteiger partial charge >= 0.3 is 35.5 Å². The number of halogens is 1. The third-order valence-electron chi connectivity index (χ3n) is 1.28. The molecule has 0 bridgehead atoms. The van der Waals surface area contributed by atoms with Gasteiger partial charge in [0, 0.05) is 6.07 Å². The second-order valence-corrected chi connectivity index (χ2v) is 2.39. The molecular formula is C7H8ClN2NaO3. The van der Waals surface area contributed by atoms with E-state index in [0.29, 0.717) is 0 Å². The monoisotopic (exact) mass is 226 g/mol. The van der Waals surface area contributed by atoms with Crippen molar-refractivity contribution >= 4 is 17.6 Å². The van der Waals surface area contributed by atoms with Crippen LogP contribution in [0.3, 0.4) is 0 Å². The molecule has 1 aromatic heterocycles. The SMILES string of the molecule is COC(=O)c1cc(OC)nc(Cl)n1.[H-].[Na+]. The maximum Gasteiger partial charge on any atom is 1.00 e. The van der Waals surface area contributed by atoms with Gasteiger partial charge in [0.2, 0.25) is 11.2 Å². The maximum atomic E-state index is 11.0. The van der Waals surface area contributed by atoms with Crippen molar-refractivity contribution in [3.05, 3.63) is 17.0 Å². The summed E-state index contributed by atoms with van der Waals surface area (Å²) >= 11 is 5.52. The number of nitrogens with zero attached hydrogens (tertiary/aromatic N) is 2. The van der Waals surface area contributed by atoms with Gasteiger partial charge in [0.1, 0.15) is 0 Å². The number of esters is 1. The first-order valence-electron chi connectivity index (χ1n) is 3.34. The predicted molar refractivity (Wildman–Crippen MR) is 46.0 cm³/mol. The van der Waals surface area contributed by atoms with Gasteiger partial charge in [0.25, 0.3) is 0 Å². The van der Waals surface area contributed by atoms with Crippen LogP contribution in [0.2, 0.25) is 5.28 Å². The van der Waals surface area contributed by atoms with Crippen LogP contribution in [0.5, 0.6) is 5.88 Å². The van der Waals surface area contributed by atoms with Gasteiger partial charge in [-0.1, -0.05) is 0 Å². The molecule has 0 unspecified atom stereocenters. The zero-order valence-electron chi connectivity index (χ0n) is 9.07. The van der Waals surface area contributed by atoms with Gasteiger partial charge in [-0.2, -0.15) is 4.98 Å². The molecule has 0 aliphatic carbocycles. The zero-order valence-corrected chi connectivity index (χ0v) is 10.8. The van der Waals surface area contributed by atoms with E-state index in [4.69, 9.17) is 16.3 Å². The number of carbonyl (C=O) groups is 1. The first-order valence-corrected chi connectivity index (χ1v) is 3.72. The normalized spacial score (nSPS) is 8.79. The number of hydrogen-bond donors (Lipinski definition) is 0. The fourth-order valence-electron chi connectivity index (χ4n) is 0.711. The quantitative estimate of drug-likeness (QED) is 0.333. The van der Waals surface area contributed by atoms with Crippen molar-refractivity contribution in [3.63, 3.8) is 0 Å². The van der Waals surface area contributed by atoms with E-state index < -0.39 is 5.97 Å². The molecule has 5 nitrogen and oxygen atoms in total.